The molecule has 3 rings (SSSR count). The average molecular weight is 617 g/mol. The molecule has 0 radical (unpaired) electrons. The minimum Gasteiger partial charge on any atom is -0.486 e. The van der Waals surface area contributed by atoms with Crippen LogP contribution >= 0.6 is 23.2 Å². The first-order chi connectivity index (χ1) is 19.2. The molecule has 0 saturated carbocycles. The zero-order valence-electron chi connectivity index (χ0n) is 23.3. The second kappa shape index (κ2) is 14.0. The highest BCUT2D eigenvalue weighted by Gasteiger charge is 2.47. The summed E-state index contributed by atoms with van der Waals surface area (Å²) in [5.74, 6) is -0.765. The van der Waals surface area contributed by atoms with Crippen molar-refractivity contribution in [3.8, 4) is 11.5 Å². The van der Waals surface area contributed by atoms with Gasteiger partial charge in [-0.15, -0.1) is 0 Å². The highest BCUT2D eigenvalue weighted by atomic mass is 35.5. The molecule has 3 N–H and O–H groups in total. The van der Waals surface area contributed by atoms with E-state index >= 15 is 0 Å². The summed E-state index contributed by atoms with van der Waals surface area (Å²) in [4.78, 5) is 24.8. The van der Waals surface area contributed by atoms with E-state index in [9.17, 15) is 24.9 Å². The van der Waals surface area contributed by atoms with Gasteiger partial charge in [-0.2, -0.15) is 0 Å². The van der Waals surface area contributed by atoms with E-state index in [2.05, 4.69) is 0 Å². The van der Waals surface area contributed by atoms with Gasteiger partial charge in [0.25, 0.3) is 0 Å². The third-order valence-electron chi connectivity index (χ3n) is 6.02. The van der Waals surface area contributed by atoms with Crippen LogP contribution in [0.3, 0.4) is 0 Å². The molecular weight excluding hydrogens is 583 g/mol. The van der Waals surface area contributed by atoms with Crippen LogP contribution in [-0.2, 0) is 30.3 Å². The van der Waals surface area contributed by atoms with Gasteiger partial charge in [0.05, 0.1) is 22.2 Å². The molecule has 226 valence electrons. The molecule has 2 aromatic rings. The van der Waals surface area contributed by atoms with Gasteiger partial charge >= 0.3 is 11.9 Å². The second-order valence-corrected chi connectivity index (χ2v) is 11.1. The van der Waals surface area contributed by atoms with E-state index in [1.807, 2.05) is 0 Å². The maximum atomic E-state index is 13.0. The fourth-order valence-corrected chi connectivity index (χ4v) is 4.51. The first-order valence-electron chi connectivity index (χ1n) is 12.7. The van der Waals surface area contributed by atoms with Crippen molar-refractivity contribution in [3.05, 3.63) is 57.1 Å². The Morgan fingerprint density at radius 2 is 1.71 bits per heavy atom. The van der Waals surface area contributed by atoms with E-state index in [1.54, 1.807) is 52.0 Å². The van der Waals surface area contributed by atoms with Crippen LogP contribution in [0.1, 0.15) is 42.3 Å². The number of hydrogen-bond donors (Lipinski definition) is 3. The van der Waals surface area contributed by atoms with Gasteiger partial charge in [-0.1, -0.05) is 35.3 Å². The van der Waals surface area contributed by atoms with Crippen molar-refractivity contribution in [3.63, 3.8) is 0 Å². The SMILES string of the molecule is CO[C@H]1O[C@H](CO)[C@@H](O)[C@H](O)[C@H]1OC(=O)c1cc(Cl)c(OCc2ccc(OCC(=O)OC(C)(C)C)cc2)c(Cl)c1C. The topological polar surface area (TPSA) is 150 Å². The van der Waals surface area contributed by atoms with Crippen LogP contribution in [0, 0.1) is 6.92 Å². The Labute approximate surface area is 247 Å². The number of aliphatic hydroxyl groups is 3. The molecule has 41 heavy (non-hydrogen) atoms. The smallest absolute Gasteiger partial charge is 0.344 e. The average Bonchev–Trinajstić information content (AvgIpc) is 2.91. The van der Waals surface area contributed by atoms with Crippen LogP contribution in [-0.4, -0.2) is 83.9 Å². The Kier molecular flexibility index (Phi) is 11.2. The van der Waals surface area contributed by atoms with Gasteiger partial charge in [-0.25, -0.2) is 9.59 Å². The monoisotopic (exact) mass is 616 g/mol. The lowest BCUT2D eigenvalue weighted by atomic mass is 9.99. The van der Waals surface area contributed by atoms with E-state index in [1.165, 1.54) is 13.2 Å². The summed E-state index contributed by atoms with van der Waals surface area (Å²) in [5, 5.41) is 30.1. The molecule has 13 heteroatoms. The summed E-state index contributed by atoms with van der Waals surface area (Å²) in [6, 6.07) is 8.15. The van der Waals surface area contributed by atoms with Gasteiger partial charge in [0.15, 0.2) is 24.8 Å². The van der Waals surface area contributed by atoms with Crippen molar-refractivity contribution in [2.75, 3.05) is 20.3 Å². The minimum atomic E-state index is -1.59. The molecule has 1 aliphatic rings. The summed E-state index contributed by atoms with van der Waals surface area (Å²) >= 11 is 12.9. The van der Waals surface area contributed by atoms with Crippen LogP contribution in [0.15, 0.2) is 30.3 Å². The normalized spacial score (nSPS) is 22.6. The molecule has 0 bridgehead atoms. The van der Waals surface area contributed by atoms with Crippen molar-refractivity contribution >= 4 is 35.1 Å². The number of halogens is 2. The zero-order valence-corrected chi connectivity index (χ0v) is 24.8. The summed E-state index contributed by atoms with van der Waals surface area (Å²) in [5.41, 5.74) is 0.449. The first kappa shape index (κ1) is 32.9. The molecule has 2 aromatic carbocycles. The highest BCUT2D eigenvalue weighted by molar-refractivity contribution is 6.38. The Bertz CT molecular complexity index is 1210. The lowest BCUT2D eigenvalue weighted by Crippen LogP contribution is -2.60. The molecule has 0 unspecified atom stereocenters. The standard InChI is InChI=1S/C28H34Cl2O11/c1-14-17(26(35)40-25-23(34)22(33)19(11-31)39-27(25)36-5)10-18(29)24(21(14)30)38-12-15-6-8-16(9-7-15)37-13-20(32)41-28(2,3)4/h6-10,19,22-23,25,27,31,33-34H,11-13H2,1-5H3/t19-,22-,23+,25-,27+/m1/s1. The van der Waals surface area contributed by atoms with E-state index in [4.69, 9.17) is 51.6 Å². The Morgan fingerprint density at radius 1 is 1.05 bits per heavy atom. The molecule has 11 nitrogen and oxygen atoms in total. The van der Waals surface area contributed by atoms with Crippen molar-refractivity contribution in [2.24, 2.45) is 0 Å². The lowest BCUT2D eigenvalue weighted by Gasteiger charge is -2.40. The van der Waals surface area contributed by atoms with E-state index in [-0.39, 0.29) is 34.6 Å². The van der Waals surface area contributed by atoms with Crippen molar-refractivity contribution in [1.82, 2.24) is 0 Å². The van der Waals surface area contributed by atoms with E-state index < -0.39 is 54.9 Å². The highest BCUT2D eigenvalue weighted by Crippen LogP contribution is 2.39. The Hall–Kier alpha value is -2.64. The zero-order chi connectivity index (χ0) is 30.5. The lowest BCUT2D eigenvalue weighted by molar-refractivity contribution is -0.293. The van der Waals surface area contributed by atoms with Crippen molar-refractivity contribution < 1.29 is 53.3 Å². The second-order valence-electron chi connectivity index (χ2n) is 10.3. The number of carbonyl (C=O) groups excluding carboxylic acids is 2. The van der Waals surface area contributed by atoms with Gasteiger partial charge in [-0.3, -0.25) is 0 Å². The number of carbonyl (C=O) groups is 2. The van der Waals surface area contributed by atoms with Gasteiger partial charge in [0, 0.05) is 7.11 Å². The molecule has 0 spiro atoms. The summed E-state index contributed by atoms with van der Waals surface area (Å²) in [6.45, 7) is 6.17. The van der Waals surface area contributed by atoms with Crippen LogP contribution in [0.5, 0.6) is 11.5 Å². The van der Waals surface area contributed by atoms with Gasteiger partial charge in [0.2, 0.25) is 0 Å². The fourth-order valence-electron chi connectivity index (χ4n) is 3.95. The number of benzene rings is 2. The number of methoxy groups -OCH3 is 1. The summed E-state index contributed by atoms with van der Waals surface area (Å²) < 4.78 is 32.4. The molecule has 0 aliphatic carbocycles. The molecular formula is C28H34Cl2O11. The van der Waals surface area contributed by atoms with Crippen LogP contribution < -0.4 is 9.47 Å². The molecule has 1 saturated heterocycles. The third kappa shape index (κ3) is 8.45. The Morgan fingerprint density at radius 3 is 2.29 bits per heavy atom. The van der Waals surface area contributed by atoms with Crippen LogP contribution in [0.2, 0.25) is 10.0 Å². The number of hydrogen-bond acceptors (Lipinski definition) is 11. The predicted molar refractivity (Wildman–Crippen MR) is 147 cm³/mol. The maximum Gasteiger partial charge on any atom is 0.344 e. The summed E-state index contributed by atoms with van der Waals surface area (Å²) in [7, 11) is 1.26. The Balaban J connectivity index is 1.65. The van der Waals surface area contributed by atoms with Gasteiger partial charge in [0.1, 0.15) is 36.3 Å². The molecule has 0 amide bonds. The molecule has 0 aromatic heterocycles. The number of esters is 2. The largest absolute Gasteiger partial charge is 0.486 e. The number of rotatable bonds is 10. The number of ether oxygens (including phenoxy) is 6. The first-order valence-corrected chi connectivity index (χ1v) is 13.4. The maximum absolute atomic E-state index is 13.0. The van der Waals surface area contributed by atoms with E-state index in [0.717, 1.165) is 5.56 Å². The van der Waals surface area contributed by atoms with Gasteiger partial charge in [-0.05, 0) is 57.0 Å². The quantitative estimate of drug-likeness (QED) is 0.338. The van der Waals surface area contributed by atoms with E-state index in [0.29, 0.717) is 11.3 Å². The van der Waals surface area contributed by atoms with Crippen LogP contribution in [0.25, 0.3) is 0 Å². The van der Waals surface area contributed by atoms with Crippen LogP contribution in [0.4, 0.5) is 0 Å². The summed E-state index contributed by atoms with van der Waals surface area (Å²) in [6.07, 6.45) is -6.85. The molecule has 1 heterocycles. The predicted octanol–water partition coefficient (Wildman–Crippen LogP) is 3.21. The minimum absolute atomic E-state index is 0.000312. The van der Waals surface area contributed by atoms with Crippen molar-refractivity contribution in [1.29, 1.82) is 0 Å². The third-order valence-corrected chi connectivity index (χ3v) is 6.76. The molecule has 1 fully saturated rings. The van der Waals surface area contributed by atoms with Crippen molar-refractivity contribution in [2.45, 2.75) is 70.6 Å². The molecule has 5 atom stereocenters. The van der Waals surface area contributed by atoms with Gasteiger partial charge < -0.3 is 43.7 Å². The molecule has 1 aliphatic heterocycles. The fraction of sp³-hybridized carbons (Fsp3) is 0.500. The number of aliphatic hydroxyl groups excluding tert-OH is 3.